The number of aromatic nitrogens is 3. The predicted octanol–water partition coefficient (Wildman–Crippen LogP) is 7.06. The molecule has 1 heterocycles. The van der Waals surface area contributed by atoms with Crippen molar-refractivity contribution < 1.29 is 10.2 Å². The lowest BCUT2D eigenvalue weighted by Crippen LogP contribution is -2.00. The highest BCUT2D eigenvalue weighted by atomic mass is 35.5. The van der Waals surface area contributed by atoms with Crippen LogP contribution in [-0.4, -0.2) is 25.2 Å². The van der Waals surface area contributed by atoms with E-state index in [9.17, 15) is 10.2 Å². The van der Waals surface area contributed by atoms with Gasteiger partial charge in [-0.05, 0) is 46.1 Å². The number of hydrogen-bond acceptors (Lipinski definition) is 8. The summed E-state index contributed by atoms with van der Waals surface area (Å²) in [5, 5.41) is 35.7. The molecule has 0 amide bonds. The number of fused-ring (bicyclic) bond motifs is 2. The maximum atomic E-state index is 11.0. The molecule has 0 unspecified atom stereocenters. The normalized spacial score (nSPS) is 11.5. The first kappa shape index (κ1) is 20.9. The van der Waals surface area contributed by atoms with Crippen LogP contribution in [-0.2, 0) is 0 Å². The number of nitrogens with one attached hydrogen (secondary N) is 1. The van der Waals surface area contributed by atoms with Gasteiger partial charge >= 0.3 is 0 Å². The molecule has 0 atom stereocenters. The van der Waals surface area contributed by atoms with E-state index in [1.165, 1.54) is 0 Å². The van der Waals surface area contributed by atoms with Crippen molar-refractivity contribution in [1.82, 2.24) is 15.0 Å². The largest absolute Gasteiger partial charge is 0.505 e. The third kappa shape index (κ3) is 4.09. The summed E-state index contributed by atoms with van der Waals surface area (Å²) in [6.07, 6.45) is 0. The molecule has 1 aromatic heterocycles. The molecule has 33 heavy (non-hydrogen) atoms. The highest BCUT2D eigenvalue weighted by Gasteiger charge is 2.15. The summed E-state index contributed by atoms with van der Waals surface area (Å²) in [4.78, 5) is 11.7. The Balaban J connectivity index is 1.64. The Morgan fingerprint density at radius 1 is 0.697 bits per heavy atom. The van der Waals surface area contributed by atoms with Crippen molar-refractivity contribution in [1.29, 1.82) is 0 Å². The summed E-state index contributed by atoms with van der Waals surface area (Å²) < 4.78 is 0. The molecule has 162 valence electrons. The first-order valence-corrected chi connectivity index (χ1v) is 10.5. The summed E-state index contributed by atoms with van der Waals surface area (Å²) in [6, 6.07) is 19.9. The topological polar surface area (TPSA) is 116 Å². The average Bonchev–Trinajstić information content (AvgIpc) is 2.80. The van der Waals surface area contributed by atoms with Gasteiger partial charge in [0.15, 0.2) is 17.2 Å². The molecular weight excluding hydrogens is 463 g/mol. The number of phenols is 2. The van der Waals surface area contributed by atoms with Crippen LogP contribution in [0.4, 0.5) is 23.0 Å². The van der Waals surface area contributed by atoms with Crippen molar-refractivity contribution in [2.75, 3.05) is 5.32 Å². The van der Waals surface area contributed by atoms with Crippen LogP contribution in [0.1, 0.15) is 0 Å². The van der Waals surface area contributed by atoms with Crippen molar-refractivity contribution in [2.24, 2.45) is 10.2 Å². The zero-order valence-corrected chi connectivity index (χ0v) is 18.2. The van der Waals surface area contributed by atoms with E-state index in [0.29, 0.717) is 16.5 Å². The van der Waals surface area contributed by atoms with Gasteiger partial charge < -0.3 is 15.5 Å². The molecule has 0 fully saturated rings. The Bertz CT molecular complexity index is 1540. The quantitative estimate of drug-likeness (QED) is 0.239. The molecule has 0 aliphatic rings. The molecule has 8 nitrogen and oxygen atoms in total. The fraction of sp³-hybridized carbons (Fsp3) is 0. The number of aromatic hydroxyl groups is 2. The van der Waals surface area contributed by atoms with Gasteiger partial charge in [0.2, 0.25) is 16.5 Å². The van der Waals surface area contributed by atoms with Crippen molar-refractivity contribution in [3.63, 3.8) is 0 Å². The smallest absolute Gasteiger partial charge is 0.232 e. The molecule has 0 aliphatic carbocycles. The van der Waals surface area contributed by atoms with E-state index in [0.717, 1.165) is 10.8 Å². The molecule has 0 aliphatic heterocycles. The molecule has 0 saturated carbocycles. The number of nitrogens with zero attached hydrogens (tertiary/aromatic N) is 5. The minimum Gasteiger partial charge on any atom is -0.505 e. The maximum Gasteiger partial charge on any atom is 0.232 e. The summed E-state index contributed by atoms with van der Waals surface area (Å²) >= 11 is 11.8. The van der Waals surface area contributed by atoms with E-state index in [1.807, 2.05) is 36.4 Å². The van der Waals surface area contributed by atoms with E-state index in [4.69, 9.17) is 23.2 Å². The van der Waals surface area contributed by atoms with Gasteiger partial charge in [0.1, 0.15) is 5.69 Å². The SMILES string of the molecule is Oc1c(N=Nc2c(Nc3nc(Cl)nc(Cl)n3)cc3ccccc3c2O)ccc2ccccc12. The molecule has 4 aromatic carbocycles. The molecule has 10 heteroatoms. The van der Waals surface area contributed by atoms with Crippen LogP contribution in [0.25, 0.3) is 21.5 Å². The third-order valence-electron chi connectivity index (χ3n) is 4.96. The van der Waals surface area contributed by atoms with Gasteiger partial charge in [0.05, 0.1) is 5.69 Å². The first-order chi connectivity index (χ1) is 16.0. The van der Waals surface area contributed by atoms with Crippen LogP contribution >= 0.6 is 23.2 Å². The second-order valence-corrected chi connectivity index (χ2v) is 7.70. The molecule has 3 N–H and O–H groups in total. The maximum absolute atomic E-state index is 11.0. The van der Waals surface area contributed by atoms with Crippen molar-refractivity contribution >= 4 is 67.8 Å². The van der Waals surface area contributed by atoms with Gasteiger partial charge in [-0.15, -0.1) is 10.2 Å². The van der Waals surface area contributed by atoms with Gasteiger partial charge in [0.25, 0.3) is 0 Å². The Hall–Kier alpha value is -4.01. The second kappa shape index (κ2) is 8.50. The standard InChI is InChI=1S/C23H14Cl2N6O2/c24-21-27-22(25)29-23(28-21)26-17-11-13-6-2-4-8-15(13)20(33)18(17)31-30-16-10-9-12-5-1-3-7-14(12)19(16)32/h1-11,32-33H,(H,26,27,28,29). The van der Waals surface area contributed by atoms with E-state index < -0.39 is 0 Å². The number of rotatable bonds is 4. The molecule has 5 rings (SSSR count). The second-order valence-electron chi connectivity index (χ2n) is 7.02. The summed E-state index contributed by atoms with van der Waals surface area (Å²) in [5.41, 5.74) is 0.723. The Morgan fingerprint density at radius 2 is 1.33 bits per heavy atom. The monoisotopic (exact) mass is 476 g/mol. The molecular formula is C23H14Cl2N6O2. The lowest BCUT2D eigenvalue weighted by Gasteiger charge is -2.12. The molecule has 5 aromatic rings. The van der Waals surface area contributed by atoms with Crippen LogP contribution in [0.15, 0.2) is 77.0 Å². The van der Waals surface area contributed by atoms with Crippen LogP contribution in [0.3, 0.4) is 0 Å². The first-order valence-electron chi connectivity index (χ1n) is 9.71. The Labute approximate surface area is 197 Å². The predicted molar refractivity (Wildman–Crippen MR) is 129 cm³/mol. The third-order valence-corrected chi connectivity index (χ3v) is 5.30. The van der Waals surface area contributed by atoms with Crippen molar-refractivity contribution in [3.8, 4) is 11.5 Å². The fourth-order valence-electron chi connectivity index (χ4n) is 3.44. The number of halogens is 2. The molecule has 0 spiro atoms. The number of hydrogen-bond donors (Lipinski definition) is 3. The van der Waals surface area contributed by atoms with E-state index in [-0.39, 0.29) is 39.4 Å². The summed E-state index contributed by atoms with van der Waals surface area (Å²) in [6.45, 7) is 0. The molecule has 0 bridgehead atoms. The van der Waals surface area contributed by atoms with E-state index in [1.54, 1.807) is 30.3 Å². The van der Waals surface area contributed by atoms with Crippen molar-refractivity contribution in [2.45, 2.75) is 0 Å². The van der Waals surface area contributed by atoms with Crippen LogP contribution < -0.4 is 5.32 Å². The number of benzene rings is 4. The van der Waals surface area contributed by atoms with Gasteiger partial charge in [-0.2, -0.15) is 15.0 Å². The highest BCUT2D eigenvalue weighted by molar-refractivity contribution is 6.31. The van der Waals surface area contributed by atoms with Crippen molar-refractivity contribution in [3.05, 3.63) is 77.3 Å². The minimum absolute atomic E-state index is 0.0114. The highest BCUT2D eigenvalue weighted by Crippen LogP contribution is 2.44. The number of phenolic OH excluding ortho intramolecular Hbond substituents is 2. The lowest BCUT2D eigenvalue weighted by atomic mass is 10.1. The summed E-state index contributed by atoms with van der Waals surface area (Å²) in [7, 11) is 0. The Morgan fingerprint density at radius 3 is 2.06 bits per heavy atom. The minimum atomic E-state index is -0.106. The average molecular weight is 477 g/mol. The van der Waals surface area contributed by atoms with Gasteiger partial charge in [-0.1, -0.05) is 54.6 Å². The van der Waals surface area contributed by atoms with Crippen LogP contribution in [0.5, 0.6) is 11.5 Å². The zero-order chi connectivity index (χ0) is 22.9. The fourth-order valence-corrected chi connectivity index (χ4v) is 3.81. The molecule has 0 radical (unpaired) electrons. The lowest BCUT2D eigenvalue weighted by molar-refractivity contribution is 0.480. The molecule has 0 saturated heterocycles. The van der Waals surface area contributed by atoms with E-state index in [2.05, 4.69) is 30.5 Å². The van der Waals surface area contributed by atoms with Gasteiger partial charge in [0, 0.05) is 10.8 Å². The van der Waals surface area contributed by atoms with Gasteiger partial charge in [-0.3, -0.25) is 0 Å². The Kier molecular flexibility index (Phi) is 5.37. The van der Waals surface area contributed by atoms with Crippen LogP contribution in [0, 0.1) is 0 Å². The number of anilines is 2. The number of azo groups is 1. The van der Waals surface area contributed by atoms with E-state index >= 15 is 0 Å². The summed E-state index contributed by atoms with van der Waals surface area (Å²) in [5.74, 6) is -0.0479. The van der Waals surface area contributed by atoms with Gasteiger partial charge in [-0.25, -0.2) is 0 Å². The zero-order valence-electron chi connectivity index (χ0n) is 16.7. The van der Waals surface area contributed by atoms with Crippen LogP contribution in [0.2, 0.25) is 10.6 Å².